The summed E-state index contributed by atoms with van der Waals surface area (Å²) in [7, 11) is -5.13. The number of hydrogen-bond donors (Lipinski definition) is 0. The third-order valence-electron chi connectivity index (χ3n) is 5.24. The zero-order valence-corrected chi connectivity index (χ0v) is 21.7. The van der Waals surface area contributed by atoms with Crippen molar-refractivity contribution in [3.63, 3.8) is 0 Å². The van der Waals surface area contributed by atoms with Crippen LogP contribution >= 0.6 is 0 Å². The number of benzene rings is 1. The average Bonchev–Trinajstić information content (AvgIpc) is 2.46. The molecule has 1 aromatic rings. The second-order valence-electron chi connectivity index (χ2n) is 8.70. The highest BCUT2D eigenvalue weighted by Gasteiger charge is 2.33. The first-order valence-electron chi connectivity index (χ1n) is 9.32. The molecule has 0 fully saturated rings. The van der Waals surface area contributed by atoms with Crippen LogP contribution in [0.2, 0.25) is 52.4 Å². The summed E-state index contributed by atoms with van der Waals surface area (Å²) in [5.41, 5.74) is 0.824. The summed E-state index contributed by atoms with van der Waals surface area (Å²) in [5, 5.41) is 2.90. The van der Waals surface area contributed by atoms with Crippen LogP contribution in [-0.2, 0) is 8.85 Å². The lowest BCUT2D eigenvalue weighted by Crippen LogP contribution is -2.55. The van der Waals surface area contributed by atoms with E-state index in [1.54, 1.807) is 0 Å². The molecule has 0 saturated heterocycles. The standard InChI is InChI=1S/C18H38O2Si4/c1-15(21(3)4)20-24(9,10)18-13-11-17(12-14-18)23(7,8)16(2)19-22(5)6/h11-16,21-22H,1-10H3. The summed E-state index contributed by atoms with van der Waals surface area (Å²) in [5.74, 6) is 0. The van der Waals surface area contributed by atoms with Crippen molar-refractivity contribution in [1.29, 1.82) is 0 Å². The van der Waals surface area contributed by atoms with E-state index < -0.39 is 34.2 Å². The molecule has 0 bridgehead atoms. The molecule has 24 heavy (non-hydrogen) atoms. The topological polar surface area (TPSA) is 18.5 Å². The predicted molar refractivity (Wildman–Crippen MR) is 120 cm³/mol. The smallest absolute Gasteiger partial charge is 0.217 e. The maximum Gasteiger partial charge on any atom is 0.217 e. The fourth-order valence-corrected chi connectivity index (χ4v) is 11.4. The average molecular weight is 399 g/mol. The molecule has 6 heteroatoms. The van der Waals surface area contributed by atoms with E-state index in [1.807, 2.05) is 0 Å². The first-order chi connectivity index (χ1) is 10.9. The van der Waals surface area contributed by atoms with Crippen LogP contribution in [0.1, 0.15) is 13.8 Å². The van der Waals surface area contributed by atoms with Gasteiger partial charge in [0.05, 0.1) is 8.80 Å². The molecule has 0 N–H and O–H groups in total. The first kappa shape index (κ1) is 22.0. The minimum atomic E-state index is -1.81. The van der Waals surface area contributed by atoms with Crippen LogP contribution in [0.15, 0.2) is 24.3 Å². The lowest BCUT2D eigenvalue weighted by atomic mass is 10.4. The Balaban J connectivity index is 2.95. The normalized spacial score (nSPS) is 15.8. The van der Waals surface area contributed by atoms with E-state index in [0.29, 0.717) is 11.5 Å². The Morgan fingerprint density at radius 2 is 1.29 bits per heavy atom. The fourth-order valence-electron chi connectivity index (χ4n) is 2.78. The molecule has 0 aliphatic heterocycles. The maximum absolute atomic E-state index is 6.50. The van der Waals surface area contributed by atoms with Gasteiger partial charge in [-0.15, -0.1) is 0 Å². The van der Waals surface area contributed by atoms with Gasteiger partial charge in [0.1, 0.15) is 8.07 Å². The SMILES string of the molecule is CC(O[Si](C)(C)c1ccc([Si](C)(C)C(C)O[SiH](C)C)cc1)[SiH](C)C. The molecular formula is C18H38O2Si4. The van der Waals surface area contributed by atoms with Crippen molar-refractivity contribution in [2.45, 2.75) is 77.7 Å². The number of rotatable bonds is 8. The zero-order chi connectivity index (χ0) is 18.7. The van der Waals surface area contributed by atoms with E-state index >= 15 is 0 Å². The lowest BCUT2D eigenvalue weighted by Gasteiger charge is -2.33. The fraction of sp³-hybridized carbons (Fsp3) is 0.667. The minimum absolute atomic E-state index is 0.378. The van der Waals surface area contributed by atoms with E-state index in [1.165, 1.54) is 10.4 Å². The van der Waals surface area contributed by atoms with Crippen molar-refractivity contribution in [2.24, 2.45) is 0 Å². The van der Waals surface area contributed by atoms with Gasteiger partial charge in [0.2, 0.25) is 8.32 Å². The van der Waals surface area contributed by atoms with Crippen molar-refractivity contribution >= 4 is 44.6 Å². The van der Waals surface area contributed by atoms with Crippen molar-refractivity contribution in [2.75, 3.05) is 0 Å². The Hall–Kier alpha value is 0.00753. The van der Waals surface area contributed by atoms with Crippen molar-refractivity contribution in [1.82, 2.24) is 0 Å². The molecule has 0 heterocycles. The van der Waals surface area contributed by atoms with Gasteiger partial charge >= 0.3 is 0 Å². The van der Waals surface area contributed by atoms with Gasteiger partial charge in [-0.25, -0.2) is 0 Å². The summed E-state index contributed by atoms with van der Waals surface area (Å²) in [6.45, 7) is 23.3. The van der Waals surface area contributed by atoms with Gasteiger partial charge in [-0.2, -0.15) is 0 Å². The van der Waals surface area contributed by atoms with Gasteiger partial charge in [0.15, 0.2) is 9.04 Å². The van der Waals surface area contributed by atoms with Crippen LogP contribution in [-0.4, -0.2) is 45.7 Å². The Labute approximate surface area is 155 Å². The monoisotopic (exact) mass is 398 g/mol. The van der Waals surface area contributed by atoms with Crippen LogP contribution in [0.3, 0.4) is 0 Å². The van der Waals surface area contributed by atoms with Gasteiger partial charge in [0.25, 0.3) is 0 Å². The number of hydrogen-bond acceptors (Lipinski definition) is 2. The molecule has 0 spiro atoms. The third kappa shape index (κ3) is 5.78. The highest BCUT2D eigenvalue weighted by Crippen LogP contribution is 2.15. The molecule has 0 amide bonds. The van der Waals surface area contributed by atoms with Crippen LogP contribution in [0.5, 0.6) is 0 Å². The van der Waals surface area contributed by atoms with Gasteiger partial charge in [-0.1, -0.05) is 55.6 Å². The predicted octanol–water partition coefficient (Wildman–Crippen LogP) is 3.37. The zero-order valence-electron chi connectivity index (χ0n) is 17.4. The van der Waals surface area contributed by atoms with Crippen molar-refractivity contribution < 1.29 is 8.85 Å². The molecule has 2 unspecified atom stereocenters. The summed E-state index contributed by atoms with van der Waals surface area (Å²) in [6.07, 6.45) is 0. The first-order valence-corrected chi connectivity index (χ1v) is 21.1. The molecule has 1 aromatic carbocycles. The molecule has 138 valence electrons. The van der Waals surface area contributed by atoms with Crippen LogP contribution < -0.4 is 10.4 Å². The second-order valence-corrected chi connectivity index (χ2v) is 23.2. The quantitative estimate of drug-likeness (QED) is 0.625. The Bertz CT molecular complexity index is 512. The van der Waals surface area contributed by atoms with Crippen molar-refractivity contribution in [3.05, 3.63) is 24.3 Å². The van der Waals surface area contributed by atoms with Gasteiger partial charge < -0.3 is 8.85 Å². The van der Waals surface area contributed by atoms with Gasteiger partial charge in [-0.3, -0.25) is 0 Å². The minimum Gasteiger partial charge on any atom is -0.421 e. The van der Waals surface area contributed by atoms with Crippen molar-refractivity contribution in [3.8, 4) is 0 Å². The van der Waals surface area contributed by atoms with E-state index in [2.05, 4.69) is 90.5 Å². The molecular weight excluding hydrogens is 361 g/mol. The van der Waals surface area contributed by atoms with E-state index in [4.69, 9.17) is 8.85 Å². The summed E-state index contributed by atoms with van der Waals surface area (Å²) >= 11 is 0. The molecule has 0 aliphatic carbocycles. The lowest BCUT2D eigenvalue weighted by molar-refractivity contribution is 0.291. The maximum atomic E-state index is 6.50. The molecule has 0 aliphatic rings. The molecule has 1 rings (SSSR count). The van der Waals surface area contributed by atoms with E-state index in [-0.39, 0.29) is 0 Å². The molecule has 0 saturated carbocycles. The Morgan fingerprint density at radius 3 is 1.71 bits per heavy atom. The largest absolute Gasteiger partial charge is 0.421 e. The van der Waals surface area contributed by atoms with Gasteiger partial charge in [-0.05, 0) is 45.2 Å². The van der Waals surface area contributed by atoms with Crippen LogP contribution in [0.4, 0.5) is 0 Å². The Kier molecular flexibility index (Phi) is 7.90. The molecule has 2 atom stereocenters. The Morgan fingerprint density at radius 1 is 0.833 bits per heavy atom. The summed E-state index contributed by atoms with van der Waals surface area (Å²) in [4.78, 5) is 0. The third-order valence-corrected chi connectivity index (χ3v) is 15.4. The molecule has 2 nitrogen and oxygen atoms in total. The summed E-state index contributed by atoms with van der Waals surface area (Å²) < 4.78 is 12.7. The molecule has 0 aromatic heterocycles. The second kappa shape index (κ2) is 8.59. The van der Waals surface area contributed by atoms with Crippen LogP contribution in [0, 0.1) is 0 Å². The van der Waals surface area contributed by atoms with E-state index in [0.717, 1.165) is 0 Å². The highest BCUT2D eigenvalue weighted by molar-refractivity contribution is 6.91. The van der Waals surface area contributed by atoms with E-state index in [9.17, 15) is 0 Å². The molecule has 0 radical (unpaired) electrons. The van der Waals surface area contributed by atoms with Crippen LogP contribution in [0.25, 0.3) is 0 Å². The highest BCUT2D eigenvalue weighted by atomic mass is 28.4. The summed E-state index contributed by atoms with van der Waals surface area (Å²) in [6, 6.07) is 9.34. The van der Waals surface area contributed by atoms with Gasteiger partial charge in [0, 0.05) is 11.5 Å².